The van der Waals surface area contributed by atoms with Crippen LogP contribution in [-0.4, -0.2) is 91.5 Å². The molecule has 7 heterocycles. The first kappa shape index (κ1) is 37.7. The molecule has 290 valence electrons. The van der Waals surface area contributed by atoms with Gasteiger partial charge in [0, 0.05) is 54.6 Å². The van der Waals surface area contributed by atoms with Gasteiger partial charge in [-0.05, 0) is 69.6 Å². The molecule has 1 amide bonds. The number of carbonyl (C=O) groups is 1. The minimum absolute atomic E-state index is 0.0280. The highest BCUT2D eigenvalue weighted by Crippen LogP contribution is 2.47. The average molecular weight is 799 g/mol. The van der Waals surface area contributed by atoms with Gasteiger partial charge in [-0.15, -0.1) is 11.3 Å². The lowest BCUT2D eigenvalue weighted by molar-refractivity contribution is 0.122. The van der Waals surface area contributed by atoms with Crippen LogP contribution in [0.1, 0.15) is 57.4 Å². The van der Waals surface area contributed by atoms with Gasteiger partial charge in [0.1, 0.15) is 40.9 Å². The van der Waals surface area contributed by atoms with E-state index in [-0.39, 0.29) is 60.4 Å². The zero-order valence-electron chi connectivity index (χ0n) is 31.2. The Bertz CT molecular complexity index is 2410. The molecule has 2 atom stereocenters. The molecule has 0 saturated carbocycles. The molecule has 4 aliphatic rings. The van der Waals surface area contributed by atoms with E-state index in [0.29, 0.717) is 24.3 Å². The minimum atomic E-state index is -0.770. The minimum Gasteiger partial charge on any atom is -0.467 e. The second-order valence-corrected chi connectivity index (χ2v) is 16.6. The number of aromatic nitrogens is 5. The zero-order chi connectivity index (χ0) is 39.5. The zero-order valence-corrected chi connectivity index (χ0v) is 32.8. The van der Waals surface area contributed by atoms with E-state index in [9.17, 15) is 14.4 Å². The van der Waals surface area contributed by atoms with Gasteiger partial charge in [0.05, 0.1) is 27.9 Å². The van der Waals surface area contributed by atoms with Crippen LogP contribution < -0.4 is 15.4 Å². The molecule has 4 saturated heterocycles. The maximum absolute atomic E-state index is 16.8. The SMILES string of the molecule is C=C1CC2CC(=C)CN2C1.COc1nc(N2CCCCC3(CCC(C)N3C(=O)n3cncn3)C2)c2cc(Cl)c(-c3ccc(F)c4sc(N)c(C#N)c34)c(F)c2n1. The van der Waals surface area contributed by atoms with Crippen molar-refractivity contribution in [3.63, 3.8) is 0 Å². The molecule has 2 N–H and O–H groups in total. The van der Waals surface area contributed by atoms with E-state index in [1.807, 2.05) is 17.9 Å². The maximum Gasteiger partial charge on any atom is 0.346 e. The molecule has 56 heavy (non-hydrogen) atoms. The van der Waals surface area contributed by atoms with Crippen molar-refractivity contribution >= 4 is 60.8 Å². The van der Waals surface area contributed by atoms with Crippen molar-refractivity contribution in [2.24, 2.45) is 0 Å². The number of ether oxygens (including phenoxy) is 1. The molecule has 5 aromatic rings. The summed E-state index contributed by atoms with van der Waals surface area (Å²) in [5.74, 6) is -0.925. The fourth-order valence-electron chi connectivity index (χ4n) is 9.12. The average Bonchev–Trinajstić information content (AvgIpc) is 3.98. The van der Waals surface area contributed by atoms with Gasteiger partial charge in [0.25, 0.3) is 0 Å². The van der Waals surface area contributed by atoms with Crippen molar-refractivity contribution in [3.05, 3.63) is 77.4 Å². The summed E-state index contributed by atoms with van der Waals surface area (Å²) in [6, 6.07) is 6.64. The molecular formula is C40H41ClF2N10O2S. The first-order valence-corrected chi connectivity index (χ1v) is 19.8. The second kappa shape index (κ2) is 14.7. The third kappa shape index (κ3) is 6.43. The Balaban J connectivity index is 0.000000381. The number of fused-ring (bicyclic) bond motifs is 3. The summed E-state index contributed by atoms with van der Waals surface area (Å²) >= 11 is 7.76. The third-order valence-electron chi connectivity index (χ3n) is 11.5. The number of nitrogens with two attached hydrogens (primary N) is 1. The largest absolute Gasteiger partial charge is 0.467 e. The van der Waals surface area contributed by atoms with E-state index in [1.165, 1.54) is 60.6 Å². The summed E-state index contributed by atoms with van der Waals surface area (Å²) in [4.78, 5) is 33.2. The van der Waals surface area contributed by atoms with Crippen molar-refractivity contribution in [1.82, 2.24) is 34.5 Å². The van der Waals surface area contributed by atoms with Crippen LogP contribution in [0, 0.1) is 23.0 Å². The summed E-state index contributed by atoms with van der Waals surface area (Å²) in [7, 11) is 1.40. The van der Waals surface area contributed by atoms with E-state index in [2.05, 4.69) is 43.0 Å². The van der Waals surface area contributed by atoms with Crippen LogP contribution in [0.3, 0.4) is 0 Å². The number of hydrogen-bond acceptors (Lipinski definition) is 11. The highest BCUT2D eigenvalue weighted by atomic mass is 35.5. The standard InChI is InChI=1S/C31H28ClF2N9O2S.C9H13N/c1-16-7-9-31(43(16)30(44)42-15-37-14-38-42)8-3-4-10-41(13-31)28-18-11-20(32)23(24(34)25(18)39-29(40-28)45-2)17-5-6-21(33)26-22(17)19(12-35)27(36)46-26;1-7-3-9-4-8(2)6-10(9)5-7/h5-6,11,14-16H,3-4,7-10,13,36H2,1-2H3;9H,1-6H2. The molecule has 4 aliphatic heterocycles. The number of methoxy groups -OCH3 is 1. The number of likely N-dealkylation sites (tertiary alicyclic amines) is 1. The van der Waals surface area contributed by atoms with Gasteiger partial charge in [-0.3, -0.25) is 4.90 Å². The Kier molecular flexibility index (Phi) is 9.92. The van der Waals surface area contributed by atoms with Crippen LogP contribution in [-0.2, 0) is 0 Å². The van der Waals surface area contributed by atoms with Crippen molar-refractivity contribution in [3.8, 4) is 23.2 Å². The van der Waals surface area contributed by atoms with Crippen molar-refractivity contribution < 1.29 is 18.3 Å². The molecule has 9 rings (SSSR count). The Hall–Kier alpha value is -5.17. The summed E-state index contributed by atoms with van der Waals surface area (Å²) in [6.07, 6.45) is 9.20. The van der Waals surface area contributed by atoms with Crippen LogP contribution in [0.4, 0.5) is 24.4 Å². The Morgan fingerprint density at radius 1 is 1.16 bits per heavy atom. The first-order chi connectivity index (χ1) is 26.9. The molecule has 2 unspecified atom stereocenters. The number of thiophene rings is 1. The summed E-state index contributed by atoms with van der Waals surface area (Å²) < 4.78 is 38.4. The van der Waals surface area contributed by atoms with E-state index >= 15 is 4.39 Å². The van der Waals surface area contributed by atoms with Gasteiger partial charge in [-0.1, -0.05) is 42.0 Å². The Morgan fingerprint density at radius 2 is 1.93 bits per heavy atom. The number of nitriles is 1. The van der Waals surface area contributed by atoms with Gasteiger partial charge in [0.15, 0.2) is 5.82 Å². The number of halogens is 3. The van der Waals surface area contributed by atoms with Gasteiger partial charge in [-0.25, -0.2) is 18.6 Å². The van der Waals surface area contributed by atoms with Crippen molar-refractivity contribution in [2.75, 3.05) is 43.9 Å². The van der Waals surface area contributed by atoms with Gasteiger partial charge >= 0.3 is 12.0 Å². The van der Waals surface area contributed by atoms with Crippen molar-refractivity contribution in [2.45, 2.75) is 69.5 Å². The molecule has 16 heteroatoms. The fraction of sp³-hybridized carbons (Fsp3) is 0.400. The Labute approximate surface area is 331 Å². The molecular weight excluding hydrogens is 758 g/mol. The summed E-state index contributed by atoms with van der Waals surface area (Å²) in [5.41, 5.74) is 8.50. The second-order valence-electron chi connectivity index (χ2n) is 15.2. The number of nitrogen functional groups attached to an aromatic ring is 1. The normalized spacial score (nSPS) is 21.5. The quantitative estimate of drug-likeness (QED) is 0.179. The molecule has 0 bridgehead atoms. The lowest BCUT2D eigenvalue weighted by atomic mass is 9.90. The highest BCUT2D eigenvalue weighted by molar-refractivity contribution is 7.23. The van der Waals surface area contributed by atoms with Gasteiger partial charge < -0.3 is 20.3 Å². The molecule has 0 radical (unpaired) electrons. The van der Waals surface area contributed by atoms with E-state index in [4.69, 9.17) is 22.1 Å². The lowest BCUT2D eigenvalue weighted by Gasteiger charge is -2.42. The van der Waals surface area contributed by atoms with Gasteiger partial charge in [0.2, 0.25) is 0 Å². The van der Waals surface area contributed by atoms with Crippen LogP contribution in [0.5, 0.6) is 6.01 Å². The molecule has 3 aromatic heterocycles. The van der Waals surface area contributed by atoms with Crippen molar-refractivity contribution in [1.29, 1.82) is 5.26 Å². The number of hydrogen-bond donors (Lipinski definition) is 1. The van der Waals surface area contributed by atoms with E-state index < -0.39 is 17.2 Å². The van der Waals surface area contributed by atoms with Crippen LogP contribution in [0.2, 0.25) is 5.02 Å². The highest BCUT2D eigenvalue weighted by Gasteiger charge is 2.49. The summed E-state index contributed by atoms with van der Waals surface area (Å²) in [6.45, 7) is 13.3. The molecule has 1 spiro atoms. The smallest absolute Gasteiger partial charge is 0.346 e. The third-order valence-corrected chi connectivity index (χ3v) is 12.9. The lowest BCUT2D eigenvalue weighted by Crippen LogP contribution is -2.56. The molecule has 4 fully saturated rings. The van der Waals surface area contributed by atoms with Crippen LogP contribution >= 0.6 is 22.9 Å². The Morgan fingerprint density at radius 3 is 2.61 bits per heavy atom. The van der Waals surface area contributed by atoms with E-state index in [0.717, 1.165) is 62.6 Å². The molecule has 0 aliphatic carbocycles. The van der Waals surface area contributed by atoms with Crippen LogP contribution in [0.25, 0.3) is 32.1 Å². The van der Waals surface area contributed by atoms with Crippen LogP contribution in [0.15, 0.2) is 55.2 Å². The predicted molar refractivity (Wildman–Crippen MR) is 214 cm³/mol. The number of benzene rings is 2. The monoisotopic (exact) mass is 798 g/mol. The topological polar surface area (TPSA) is 142 Å². The molecule has 2 aromatic carbocycles. The van der Waals surface area contributed by atoms with Gasteiger partial charge in [-0.2, -0.15) is 25.0 Å². The summed E-state index contributed by atoms with van der Waals surface area (Å²) in [5, 5.41) is 14.6. The van der Waals surface area contributed by atoms with E-state index in [1.54, 1.807) is 6.07 Å². The predicted octanol–water partition coefficient (Wildman–Crippen LogP) is 7.96. The fourth-order valence-corrected chi connectivity index (χ4v) is 10.4. The number of amides is 1. The maximum atomic E-state index is 16.8. The number of rotatable bonds is 3. The number of anilines is 2. The first-order valence-electron chi connectivity index (χ1n) is 18.6. The number of carbonyl (C=O) groups excluding carboxylic acids is 1. The molecule has 12 nitrogen and oxygen atoms in total. The number of nitrogens with zero attached hydrogens (tertiary/aromatic N) is 9.